The Kier molecular flexibility index (Phi) is 5.58. The number of hydrogen-bond acceptors (Lipinski definition) is 3. The molecule has 0 aromatic heterocycles. The average molecular weight is 388 g/mol. The Bertz CT molecular complexity index is 923. The molecule has 0 aliphatic heterocycles. The predicted octanol–water partition coefficient (Wildman–Crippen LogP) is 5.10. The molecule has 0 spiro atoms. The van der Waals surface area contributed by atoms with Crippen LogP contribution in [0.1, 0.15) is 63.8 Å². The second-order valence-corrected chi connectivity index (χ2v) is 10.6. The van der Waals surface area contributed by atoms with Crippen LogP contribution in [0.25, 0.3) is 0 Å². The molecule has 2 rings (SSSR count). The van der Waals surface area contributed by atoms with Crippen LogP contribution in [-0.2, 0) is 20.9 Å². The molecule has 146 valence electrons. The molecule has 0 unspecified atom stereocenters. The Hall–Kier alpha value is -2.14. The van der Waals surface area contributed by atoms with E-state index >= 15 is 0 Å². The standard InChI is InChI=1S/C22H29NO3S/c1-15-8-10-17(11-9-15)27(25,26)23-14-16-12-18(21(2,3)4)20(24)19(13-16)22(5,6)7/h8-14,24H,1-7H3/b23-14-. The van der Waals surface area contributed by atoms with Crippen molar-refractivity contribution >= 4 is 16.2 Å². The van der Waals surface area contributed by atoms with Gasteiger partial charge in [-0.2, -0.15) is 12.8 Å². The van der Waals surface area contributed by atoms with Crippen LogP contribution in [-0.4, -0.2) is 19.7 Å². The summed E-state index contributed by atoms with van der Waals surface area (Å²) in [6, 6.07) is 10.2. The minimum atomic E-state index is -3.78. The minimum absolute atomic E-state index is 0.162. The van der Waals surface area contributed by atoms with Gasteiger partial charge in [-0.1, -0.05) is 59.2 Å². The van der Waals surface area contributed by atoms with Crippen molar-refractivity contribution in [2.24, 2.45) is 4.40 Å². The van der Waals surface area contributed by atoms with E-state index in [-0.39, 0.29) is 21.5 Å². The maximum atomic E-state index is 12.5. The fourth-order valence-electron chi connectivity index (χ4n) is 2.78. The number of nitrogens with zero attached hydrogens (tertiary/aromatic N) is 1. The van der Waals surface area contributed by atoms with Crippen LogP contribution in [0.3, 0.4) is 0 Å². The van der Waals surface area contributed by atoms with Crippen molar-refractivity contribution in [3.8, 4) is 5.75 Å². The van der Waals surface area contributed by atoms with Gasteiger partial charge in [0.1, 0.15) is 5.75 Å². The molecule has 0 amide bonds. The highest BCUT2D eigenvalue weighted by molar-refractivity contribution is 7.90. The third-order valence-corrected chi connectivity index (χ3v) is 5.66. The first kappa shape index (κ1) is 21.2. The van der Waals surface area contributed by atoms with Crippen molar-refractivity contribution in [2.75, 3.05) is 0 Å². The third kappa shape index (κ3) is 4.98. The largest absolute Gasteiger partial charge is 0.507 e. The minimum Gasteiger partial charge on any atom is -0.507 e. The smallest absolute Gasteiger partial charge is 0.282 e. The summed E-state index contributed by atoms with van der Waals surface area (Å²) in [4.78, 5) is 0.162. The van der Waals surface area contributed by atoms with Crippen molar-refractivity contribution in [1.82, 2.24) is 0 Å². The third-order valence-electron chi connectivity index (χ3n) is 4.41. The van der Waals surface area contributed by atoms with E-state index < -0.39 is 10.0 Å². The number of hydrogen-bond donors (Lipinski definition) is 1. The Balaban J connectivity index is 2.55. The van der Waals surface area contributed by atoms with Gasteiger partial charge < -0.3 is 5.11 Å². The molecule has 27 heavy (non-hydrogen) atoms. The molecular weight excluding hydrogens is 358 g/mol. The fraction of sp³-hybridized carbons (Fsp3) is 0.409. The molecule has 0 aliphatic carbocycles. The van der Waals surface area contributed by atoms with E-state index in [9.17, 15) is 13.5 Å². The van der Waals surface area contributed by atoms with Crippen molar-refractivity contribution in [2.45, 2.75) is 64.2 Å². The van der Waals surface area contributed by atoms with Crippen LogP contribution in [0.4, 0.5) is 0 Å². The van der Waals surface area contributed by atoms with E-state index in [2.05, 4.69) is 4.40 Å². The number of aromatic hydroxyl groups is 1. The van der Waals surface area contributed by atoms with E-state index in [1.165, 1.54) is 6.21 Å². The lowest BCUT2D eigenvalue weighted by Crippen LogP contribution is -2.18. The first-order chi connectivity index (χ1) is 12.2. The van der Waals surface area contributed by atoms with Gasteiger partial charge >= 0.3 is 0 Å². The summed E-state index contributed by atoms with van der Waals surface area (Å²) in [5.74, 6) is 0.258. The van der Waals surface area contributed by atoms with Crippen molar-refractivity contribution in [3.05, 3.63) is 58.7 Å². The molecule has 1 N–H and O–H groups in total. The molecule has 0 aliphatic rings. The highest BCUT2D eigenvalue weighted by Crippen LogP contribution is 2.39. The molecule has 0 fully saturated rings. The SMILES string of the molecule is Cc1ccc(S(=O)(=O)/N=C\c2cc(C(C)(C)C)c(O)c(C(C)(C)C)c2)cc1. The van der Waals surface area contributed by atoms with E-state index in [4.69, 9.17) is 0 Å². The van der Waals surface area contributed by atoms with Gasteiger partial charge in [0.25, 0.3) is 10.0 Å². The summed E-state index contributed by atoms with van der Waals surface area (Å²) in [5, 5.41) is 10.8. The van der Waals surface area contributed by atoms with Crippen LogP contribution in [0.2, 0.25) is 0 Å². The quantitative estimate of drug-likeness (QED) is 0.745. The van der Waals surface area contributed by atoms with Crippen LogP contribution in [0, 0.1) is 6.92 Å². The van der Waals surface area contributed by atoms with Gasteiger partial charge in [0.05, 0.1) is 4.90 Å². The molecule has 2 aromatic rings. The topological polar surface area (TPSA) is 66.7 Å². The molecule has 5 heteroatoms. The Morgan fingerprint density at radius 2 is 1.33 bits per heavy atom. The monoisotopic (exact) mass is 387 g/mol. The normalized spacial score (nSPS) is 13.3. The summed E-state index contributed by atoms with van der Waals surface area (Å²) in [6.45, 7) is 14.0. The van der Waals surface area contributed by atoms with Crippen LogP contribution in [0.15, 0.2) is 45.7 Å². The Morgan fingerprint density at radius 3 is 1.74 bits per heavy atom. The summed E-state index contributed by atoms with van der Waals surface area (Å²) >= 11 is 0. The van der Waals surface area contributed by atoms with Crippen molar-refractivity contribution in [1.29, 1.82) is 0 Å². The number of benzene rings is 2. The number of rotatable bonds is 3. The van der Waals surface area contributed by atoms with Gasteiger partial charge in [0.2, 0.25) is 0 Å². The van der Waals surface area contributed by atoms with Gasteiger partial charge in [0, 0.05) is 17.3 Å². The first-order valence-electron chi connectivity index (χ1n) is 8.97. The van der Waals surface area contributed by atoms with Crippen molar-refractivity contribution < 1.29 is 13.5 Å². The maximum Gasteiger partial charge on any atom is 0.282 e. The second kappa shape index (κ2) is 7.12. The lowest BCUT2D eigenvalue weighted by molar-refractivity contribution is 0.423. The van der Waals surface area contributed by atoms with E-state index in [0.29, 0.717) is 5.56 Å². The van der Waals surface area contributed by atoms with E-state index in [1.54, 1.807) is 36.4 Å². The van der Waals surface area contributed by atoms with Gasteiger partial charge in [0.15, 0.2) is 0 Å². The van der Waals surface area contributed by atoms with Crippen LogP contribution < -0.4 is 0 Å². The maximum absolute atomic E-state index is 12.5. The van der Waals surface area contributed by atoms with Crippen LogP contribution in [0.5, 0.6) is 5.75 Å². The molecule has 0 heterocycles. The predicted molar refractivity (Wildman–Crippen MR) is 111 cm³/mol. The Labute approximate surface area is 163 Å². The lowest BCUT2D eigenvalue weighted by atomic mass is 9.78. The number of aryl methyl sites for hydroxylation is 1. The fourth-order valence-corrected chi connectivity index (χ4v) is 3.64. The second-order valence-electron chi connectivity index (χ2n) is 8.99. The number of sulfonamides is 1. The molecule has 0 saturated heterocycles. The molecule has 0 atom stereocenters. The molecule has 0 saturated carbocycles. The highest BCUT2D eigenvalue weighted by atomic mass is 32.2. The zero-order valence-corrected chi connectivity index (χ0v) is 18.0. The summed E-state index contributed by atoms with van der Waals surface area (Å²) < 4.78 is 28.9. The van der Waals surface area contributed by atoms with Crippen molar-refractivity contribution in [3.63, 3.8) is 0 Å². The Morgan fingerprint density at radius 1 is 0.889 bits per heavy atom. The summed E-state index contributed by atoms with van der Waals surface area (Å²) in [5.41, 5.74) is 2.60. The first-order valence-corrected chi connectivity index (χ1v) is 10.4. The van der Waals surface area contributed by atoms with Gasteiger partial charge in [-0.25, -0.2) is 0 Å². The number of phenolic OH excluding ortho intramolecular Hbond substituents is 1. The molecular formula is C22H29NO3S. The summed E-state index contributed by atoms with van der Waals surface area (Å²) in [7, 11) is -3.78. The van der Waals surface area contributed by atoms with Gasteiger partial charge in [-0.05, 0) is 47.6 Å². The zero-order chi connectivity index (χ0) is 20.6. The number of phenols is 1. The van der Waals surface area contributed by atoms with Gasteiger partial charge in [-0.15, -0.1) is 0 Å². The lowest BCUT2D eigenvalue weighted by Gasteiger charge is -2.27. The molecule has 2 aromatic carbocycles. The van der Waals surface area contributed by atoms with E-state index in [0.717, 1.165) is 16.7 Å². The molecule has 0 radical (unpaired) electrons. The zero-order valence-electron chi connectivity index (χ0n) is 17.2. The molecule has 0 bridgehead atoms. The van der Waals surface area contributed by atoms with E-state index in [1.807, 2.05) is 48.5 Å². The van der Waals surface area contributed by atoms with Gasteiger partial charge in [-0.3, -0.25) is 0 Å². The molecule has 4 nitrogen and oxygen atoms in total. The van der Waals surface area contributed by atoms with Crippen LogP contribution >= 0.6 is 0 Å². The summed E-state index contributed by atoms with van der Waals surface area (Å²) in [6.07, 6.45) is 1.36. The average Bonchev–Trinajstić information content (AvgIpc) is 2.52. The highest BCUT2D eigenvalue weighted by Gasteiger charge is 2.26.